The Morgan fingerprint density at radius 1 is 1.04 bits per heavy atom. The van der Waals surface area contributed by atoms with Gasteiger partial charge in [0.25, 0.3) is 11.8 Å². The molecule has 0 radical (unpaired) electrons. The topological polar surface area (TPSA) is 49.4 Å². The van der Waals surface area contributed by atoms with E-state index in [0.29, 0.717) is 27.7 Å². The summed E-state index contributed by atoms with van der Waals surface area (Å²) in [5.41, 5.74) is 2.11. The van der Waals surface area contributed by atoms with Crippen LogP contribution in [-0.2, 0) is 6.54 Å². The van der Waals surface area contributed by atoms with Crippen molar-refractivity contribution in [3.8, 4) is 0 Å². The maximum atomic E-state index is 12.9. The Morgan fingerprint density at radius 3 is 2.24 bits per heavy atom. The van der Waals surface area contributed by atoms with Crippen LogP contribution < -0.4 is 5.32 Å². The largest absolute Gasteiger partial charge is 0.355 e. The van der Waals surface area contributed by atoms with Crippen molar-refractivity contribution >= 4 is 35.0 Å². The van der Waals surface area contributed by atoms with Gasteiger partial charge in [0.1, 0.15) is 0 Å². The molecule has 0 atom stereocenters. The minimum atomic E-state index is -0.127. The van der Waals surface area contributed by atoms with Gasteiger partial charge < -0.3 is 10.2 Å². The molecule has 1 fully saturated rings. The van der Waals surface area contributed by atoms with E-state index in [9.17, 15) is 9.59 Å². The van der Waals surface area contributed by atoms with E-state index in [4.69, 9.17) is 23.2 Å². The standard InChI is InChI=1S/C19H18Cl2N2O2/c1-22-18(24)13-4-2-12(3-5-13)11-23(15-7-8-15)19(25)14-6-9-16(20)17(21)10-14/h2-6,9-10,15H,7-8,11H2,1H3,(H,22,24). The van der Waals surface area contributed by atoms with Crippen molar-refractivity contribution in [1.29, 1.82) is 0 Å². The van der Waals surface area contributed by atoms with Gasteiger partial charge in [-0.25, -0.2) is 0 Å². The Balaban J connectivity index is 1.78. The Hall–Kier alpha value is -2.04. The molecule has 2 amide bonds. The van der Waals surface area contributed by atoms with Crippen LogP contribution in [0, 0.1) is 0 Å². The first-order valence-corrected chi connectivity index (χ1v) is 8.82. The van der Waals surface area contributed by atoms with Crippen molar-refractivity contribution in [3.05, 3.63) is 69.2 Å². The molecule has 3 rings (SSSR count). The molecular formula is C19H18Cl2N2O2. The van der Waals surface area contributed by atoms with Crippen LogP contribution in [0.1, 0.15) is 39.1 Å². The highest BCUT2D eigenvalue weighted by atomic mass is 35.5. The predicted octanol–water partition coefficient (Wildman–Crippen LogP) is 4.16. The molecule has 1 aliphatic rings. The molecule has 1 N–H and O–H groups in total. The summed E-state index contributed by atoms with van der Waals surface area (Å²) in [6.45, 7) is 0.498. The molecule has 0 aliphatic heterocycles. The molecule has 1 saturated carbocycles. The zero-order chi connectivity index (χ0) is 18.0. The summed E-state index contributed by atoms with van der Waals surface area (Å²) in [6, 6.07) is 12.5. The number of amides is 2. The van der Waals surface area contributed by atoms with E-state index in [1.807, 2.05) is 17.0 Å². The molecule has 0 aromatic heterocycles. The summed E-state index contributed by atoms with van der Waals surface area (Å²) < 4.78 is 0. The first-order chi connectivity index (χ1) is 12.0. The second-order valence-corrected chi connectivity index (χ2v) is 6.88. The predicted molar refractivity (Wildman–Crippen MR) is 99.2 cm³/mol. The van der Waals surface area contributed by atoms with Crippen molar-refractivity contribution in [2.45, 2.75) is 25.4 Å². The van der Waals surface area contributed by atoms with Gasteiger partial charge in [0, 0.05) is 30.8 Å². The van der Waals surface area contributed by atoms with Crippen molar-refractivity contribution in [2.75, 3.05) is 7.05 Å². The highest BCUT2D eigenvalue weighted by molar-refractivity contribution is 6.42. The molecule has 0 heterocycles. The number of benzene rings is 2. The average molecular weight is 377 g/mol. The molecule has 0 saturated heterocycles. The number of hydrogen-bond acceptors (Lipinski definition) is 2. The third kappa shape index (κ3) is 4.14. The van der Waals surface area contributed by atoms with Crippen LogP contribution in [0.2, 0.25) is 10.0 Å². The van der Waals surface area contributed by atoms with Crippen LogP contribution in [0.4, 0.5) is 0 Å². The second-order valence-electron chi connectivity index (χ2n) is 6.07. The molecule has 0 bridgehead atoms. The third-order valence-corrected chi connectivity index (χ3v) is 4.95. The summed E-state index contributed by atoms with van der Waals surface area (Å²) in [7, 11) is 1.60. The lowest BCUT2D eigenvalue weighted by molar-refractivity contribution is 0.0729. The smallest absolute Gasteiger partial charge is 0.254 e. The van der Waals surface area contributed by atoms with Crippen LogP contribution in [0.15, 0.2) is 42.5 Å². The van der Waals surface area contributed by atoms with Crippen LogP contribution >= 0.6 is 23.2 Å². The zero-order valence-corrected chi connectivity index (χ0v) is 15.3. The number of rotatable bonds is 5. The van der Waals surface area contributed by atoms with Crippen molar-refractivity contribution < 1.29 is 9.59 Å². The number of nitrogens with zero attached hydrogens (tertiary/aromatic N) is 1. The van der Waals surface area contributed by atoms with E-state index in [-0.39, 0.29) is 17.9 Å². The summed E-state index contributed by atoms with van der Waals surface area (Å²) in [6.07, 6.45) is 2.01. The molecule has 6 heteroatoms. The van der Waals surface area contributed by atoms with Gasteiger partial charge >= 0.3 is 0 Å². The summed E-state index contributed by atoms with van der Waals surface area (Å²) >= 11 is 12.0. The van der Waals surface area contributed by atoms with E-state index in [1.165, 1.54) is 0 Å². The monoisotopic (exact) mass is 376 g/mol. The maximum Gasteiger partial charge on any atom is 0.254 e. The number of carbonyl (C=O) groups is 2. The lowest BCUT2D eigenvalue weighted by Crippen LogP contribution is -2.32. The van der Waals surface area contributed by atoms with Gasteiger partial charge in [-0.05, 0) is 48.7 Å². The third-order valence-electron chi connectivity index (χ3n) is 4.21. The van der Waals surface area contributed by atoms with E-state index in [1.54, 1.807) is 37.4 Å². The van der Waals surface area contributed by atoms with Gasteiger partial charge in [0.15, 0.2) is 0 Å². The normalized spacial score (nSPS) is 13.4. The van der Waals surface area contributed by atoms with Gasteiger partial charge in [0.05, 0.1) is 10.0 Å². The first-order valence-electron chi connectivity index (χ1n) is 8.06. The maximum absolute atomic E-state index is 12.9. The van der Waals surface area contributed by atoms with Crippen LogP contribution in [-0.4, -0.2) is 29.8 Å². The molecule has 2 aromatic carbocycles. The van der Waals surface area contributed by atoms with E-state index >= 15 is 0 Å². The first kappa shape index (κ1) is 17.8. The van der Waals surface area contributed by atoms with Gasteiger partial charge in [-0.15, -0.1) is 0 Å². The fourth-order valence-electron chi connectivity index (χ4n) is 2.65. The van der Waals surface area contributed by atoms with Gasteiger partial charge in [-0.1, -0.05) is 35.3 Å². The van der Waals surface area contributed by atoms with Gasteiger partial charge in [-0.2, -0.15) is 0 Å². The van der Waals surface area contributed by atoms with Gasteiger partial charge in [0.2, 0.25) is 0 Å². The Morgan fingerprint density at radius 2 is 1.68 bits per heavy atom. The van der Waals surface area contributed by atoms with E-state index < -0.39 is 0 Å². The van der Waals surface area contributed by atoms with Crippen LogP contribution in [0.3, 0.4) is 0 Å². The fourth-order valence-corrected chi connectivity index (χ4v) is 2.95. The summed E-state index contributed by atoms with van der Waals surface area (Å²) in [4.78, 5) is 26.4. The minimum absolute atomic E-state index is 0.0588. The molecular weight excluding hydrogens is 359 g/mol. The highest BCUT2D eigenvalue weighted by Gasteiger charge is 2.33. The molecule has 0 spiro atoms. The molecule has 4 nitrogen and oxygen atoms in total. The van der Waals surface area contributed by atoms with Crippen molar-refractivity contribution in [3.63, 3.8) is 0 Å². The molecule has 0 unspecified atom stereocenters. The summed E-state index contributed by atoms with van der Waals surface area (Å²) in [5, 5.41) is 3.40. The number of halogens is 2. The van der Waals surface area contributed by atoms with Crippen molar-refractivity contribution in [1.82, 2.24) is 10.2 Å². The summed E-state index contributed by atoms with van der Waals surface area (Å²) in [5.74, 6) is -0.186. The molecule has 1 aliphatic carbocycles. The van der Waals surface area contributed by atoms with E-state index in [2.05, 4.69) is 5.32 Å². The zero-order valence-electron chi connectivity index (χ0n) is 13.8. The van der Waals surface area contributed by atoms with Crippen molar-refractivity contribution in [2.24, 2.45) is 0 Å². The quantitative estimate of drug-likeness (QED) is 0.851. The lowest BCUT2D eigenvalue weighted by atomic mass is 10.1. The fraction of sp³-hybridized carbons (Fsp3) is 0.263. The Kier molecular flexibility index (Phi) is 5.30. The van der Waals surface area contributed by atoms with Crippen LogP contribution in [0.25, 0.3) is 0 Å². The number of nitrogens with one attached hydrogen (secondary N) is 1. The van der Waals surface area contributed by atoms with Gasteiger partial charge in [-0.3, -0.25) is 9.59 Å². The SMILES string of the molecule is CNC(=O)c1ccc(CN(C(=O)c2ccc(Cl)c(Cl)c2)C2CC2)cc1. The minimum Gasteiger partial charge on any atom is -0.355 e. The second kappa shape index (κ2) is 7.46. The average Bonchev–Trinajstić information content (AvgIpc) is 3.46. The lowest BCUT2D eigenvalue weighted by Gasteiger charge is -2.23. The number of hydrogen-bond donors (Lipinski definition) is 1. The molecule has 25 heavy (non-hydrogen) atoms. The molecule has 130 valence electrons. The van der Waals surface area contributed by atoms with Crippen LogP contribution in [0.5, 0.6) is 0 Å². The number of carbonyl (C=O) groups excluding carboxylic acids is 2. The highest BCUT2D eigenvalue weighted by Crippen LogP contribution is 2.31. The Bertz CT molecular complexity index is 802. The molecule has 2 aromatic rings. The Labute approximate surface area is 156 Å². The van der Waals surface area contributed by atoms with E-state index in [0.717, 1.165) is 18.4 Å².